The van der Waals surface area contributed by atoms with E-state index in [2.05, 4.69) is 10.9 Å². The standard InChI is InChI=1S/C10H20N2.2ClH/c1-2-6-9(5-1)11-12-10-7-3-4-8-10;;/h9-12H,1-8H2;2*1H. The first-order valence-corrected chi connectivity index (χ1v) is 5.46. The van der Waals surface area contributed by atoms with Gasteiger partial charge in [-0.15, -0.1) is 24.8 Å². The number of hydrogen-bond acceptors (Lipinski definition) is 2. The molecule has 0 heterocycles. The summed E-state index contributed by atoms with van der Waals surface area (Å²) >= 11 is 0. The van der Waals surface area contributed by atoms with Crippen molar-refractivity contribution in [2.24, 2.45) is 0 Å². The number of nitrogens with one attached hydrogen (secondary N) is 2. The molecule has 0 unspecified atom stereocenters. The van der Waals surface area contributed by atoms with Crippen LogP contribution >= 0.6 is 24.8 Å². The lowest BCUT2D eigenvalue weighted by Crippen LogP contribution is -2.44. The van der Waals surface area contributed by atoms with Gasteiger partial charge in [0.15, 0.2) is 0 Å². The Bertz CT molecular complexity index is 116. The maximum absolute atomic E-state index is 3.47. The quantitative estimate of drug-likeness (QED) is 0.742. The summed E-state index contributed by atoms with van der Waals surface area (Å²) in [7, 11) is 0. The molecular formula is C10H22Cl2N2. The predicted octanol–water partition coefficient (Wildman–Crippen LogP) is 2.81. The number of rotatable bonds is 3. The molecule has 0 spiro atoms. The van der Waals surface area contributed by atoms with E-state index in [-0.39, 0.29) is 24.8 Å². The van der Waals surface area contributed by atoms with Gasteiger partial charge in [-0.05, 0) is 25.7 Å². The van der Waals surface area contributed by atoms with Crippen molar-refractivity contribution in [2.75, 3.05) is 0 Å². The average Bonchev–Trinajstić information content (AvgIpc) is 2.74. The van der Waals surface area contributed by atoms with Crippen LogP contribution in [0.1, 0.15) is 51.4 Å². The summed E-state index contributed by atoms with van der Waals surface area (Å²) in [6.45, 7) is 0. The van der Waals surface area contributed by atoms with E-state index in [4.69, 9.17) is 0 Å². The molecule has 0 aromatic carbocycles. The fraction of sp³-hybridized carbons (Fsp3) is 1.00. The minimum atomic E-state index is 0. The van der Waals surface area contributed by atoms with Crippen LogP contribution in [-0.2, 0) is 0 Å². The first-order chi connectivity index (χ1) is 5.95. The molecule has 4 heteroatoms. The van der Waals surface area contributed by atoms with Crippen LogP contribution < -0.4 is 10.9 Å². The minimum Gasteiger partial charge on any atom is -0.255 e. The second kappa shape index (κ2) is 7.75. The summed E-state index contributed by atoms with van der Waals surface area (Å²) in [5.74, 6) is 0. The van der Waals surface area contributed by atoms with E-state index in [0.29, 0.717) is 0 Å². The Morgan fingerprint density at radius 1 is 0.571 bits per heavy atom. The molecule has 2 rings (SSSR count). The zero-order valence-corrected chi connectivity index (χ0v) is 10.3. The van der Waals surface area contributed by atoms with Gasteiger partial charge in [0.25, 0.3) is 0 Å². The van der Waals surface area contributed by atoms with Gasteiger partial charge in [-0.3, -0.25) is 10.9 Å². The first kappa shape index (κ1) is 14.5. The van der Waals surface area contributed by atoms with Gasteiger partial charge in [-0.1, -0.05) is 25.7 Å². The van der Waals surface area contributed by atoms with Crippen LogP contribution in [0.25, 0.3) is 0 Å². The van der Waals surface area contributed by atoms with E-state index < -0.39 is 0 Å². The Morgan fingerprint density at radius 3 is 1.14 bits per heavy atom. The van der Waals surface area contributed by atoms with Gasteiger partial charge in [0.2, 0.25) is 0 Å². The zero-order chi connectivity index (χ0) is 8.23. The van der Waals surface area contributed by atoms with E-state index in [1.807, 2.05) is 0 Å². The monoisotopic (exact) mass is 240 g/mol. The van der Waals surface area contributed by atoms with Crippen molar-refractivity contribution in [1.82, 2.24) is 10.9 Å². The molecule has 14 heavy (non-hydrogen) atoms. The highest BCUT2D eigenvalue weighted by Crippen LogP contribution is 2.19. The Kier molecular flexibility index (Phi) is 8.02. The maximum atomic E-state index is 3.47. The lowest BCUT2D eigenvalue weighted by Gasteiger charge is -2.17. The van der Waals surface area contributed by atoms with Gasteiger partial charge in [0.1, 0.15) is 0 Å². The number of halogens is 2. The van der Waals surface area contributed by atoms with Gasteiger partial charge < -0.3 is 0 Å². The molecule has 0 amide bonds. The Balaban J connectivity index is 0.000000845. The molecule has 2 nitrogen and oxygen atoms in total. The maximum Gasteiger partial charge on any atom is 0.0213 e. The highest BCUT2D eigenvalue weighted by atomic mass is 35.5. The van der Waals surface area contributed by atoms with Crippen molar-refractivity contribution < 1.29 is 0 Å². The van der Waals surface area contributed by atoms with Crippen LogP contribution in [0.3, 0.4) is 0 Å². The zero-order valence-electron chi connectivity index (χ0n) is 8.63. The van der Waals surface area contributed by atoms with Crippen molar-refractivity contribution in [3.05, 3.63) is 0 Å². The van der Waals surface area contributed by atoms with Crippen LogP contribution in [0.15, 0.2) is 0 Å². The van der Waals surface area contributed by atoms with E-state index in [0.717, 1.165) is 12.1 Å². The third-order valence-electron chi connectivity index (χ3n) is 3.20. The molecule has 0 aromatic rings. The third-order valence-corrected chi connectivity index (χ3v) is 3.20. The third kappa shape index (κ3) is 4.35. The molecule has 0 aliphatic heterocycles. The Labute approximate surface area is 99.4 Å². The Morgan fingerprint density at radius 2 is 0.857 bits per heavy atom. The molecule has 0 saturated heterocycles. The molecule has 0 bridgehead atoms. The van der Waals surface area contributed by atoms with Gasteiger partial charge in [-0.2, -0.15) is 0 Å². The van der Waals surface area contributed by atoms with Crippen molar-refractivity contribution in [2.45, 2.75) is 63.5 Å². The van der Waals surface area contributed by atoms with Crippen molar-refractivity contribution >= 4 is 24.8 Å². The summed E-state index contributed by atoms with van der Waals surface area (Å²) in [5.41, 5.74) is 6.95. The Hall–Kier alpha value is 0.500. The van der Waals surface area contributed by atoms with Gasteiger partial charge >= 0.3 is 0 Å². The highest BCUT2D eigenvalue weighted by molar-refractivity contribution is 5.85. The topological polar surface area (TPSA) is 24.1 Å². The van der Waals surface area contributed by atoms with Crippen LogP contribution in [-0.4, -0.2) is 12.1 Å². The van der Waals surface area contributed by atoms with Crippen LogP contribution in [0.4, 0.5) is 0 Å². The SMILES string of the molecule is C1CCC(NNC2CCCC2)C1.Cl.Cl. The highest BCUT2D eigenvalue weighted by Gasteiger charge is 2.18. The van der Waals surface area contributed by atoms with Crippen LogP contribution in [0.2, 0.25) is 0 Å². The molecule has 2 fully saturated rings. The van der Waals surface area contributed by atoms with Crippen LogP contribution in [0, 0.1) is 0 Å². The van der Waals surface area contributed by atoms with Crippen molar-refractivity contribution in [3.8, 4) is 0 Å². The summed E-state index contributed by atoms with van der Waals surface area (Å²) < 4.78 is 0. The smallest absolute Gasteiger partial charge is 0.0213 e. The van der Waals surface area contributed by atoms with Crippen LogP contribution in [0.5, 0.6) is 0 Å². The largest absolute Gasteiger partial charge is 0.255 e. The molecule has 0 atom stereocenters. The van der Waals surface area contributed by atoms with E-state index >= 15 is 0 Å². The lowest BCUT2D eigenvalue weighted by atomic mass is 10.2. The van der Waals surface area contributed by atoms with E-state index in [1.54, 1.807) is 0 Å². The summed E-state index contributed by atoms with van der Waals surface area (Å²) in [6, 6.07) is 1.54. The molecule has 2 saturated carbocycles. The molecule has 2 aliphatic carbocycles. The van der Waals surface area contributed by atoms with Gasteiger partial charge in [-0.25, -0.2) is 0 Å². The first-order valence-electron chi connectivity index (χ1n) is 5.46. The molecule has 0 radical (unpaired) electrons. The summed E-state index contributed by atoms with van der Waals surface area (Å²) in [4.78, 5) is 0. The second-order valence-electron chi connectivity index (χ2n) is 4.25. The number of hydrazine groups is 1. The lowest BCUT2D eigenvalue weighted by molar-refractivity contribution is 0.375. The molecule has 0 aromatic heterocycles. The second-order valence-corrected chi connectivity index (χ2v) is 4.25. The normalized spacial score (nSPS) is 23.1. The molecule has 86 valence electrons. The number of hydrogen-bond donors (Lipinski definition) is 2. The summed E-state index contributed by atoms with van der Waals surface area (Å²) in [6.07, 6.45) is 11.2. The van der Waals surface area contributed by atoms with E-state index in [9.17, 15) is 0 Å². The predicted molar refractivity (Wildman–Crippen MR) is 65.3 cm³/mol. The van der Waals surface area contributed by atoms with Gasteiger partial charge in [0.05, 0.1) is 0 Å². The van der Waals surface area contributed by atoms with Crippen molar-refractivity contribution in [3.63, 3.8) is 0 Å². The molecule has 2 aliphatic rings. The minimum absolute atomic E-state index is 0. The average molecular weight is 241 g/mol. The van der Waals surface area contributed by atoms with E-state index in [1.165, 1.54) is 51.4 Å². The molecular weight excluding hydrogens is 219 g/mol. The fourth-order valence-electron chi connectivity index (χ4n) is 2.38. The summed E-state index contributed by atoms with van der Waals surface area (Å²) in [5, 5.41) is 0. The molecule has 2 N–H and O–H groups in total. The van der Waals surface area contributed by atoms with Crippen molar-refractivity contribution in [1.29, 1.82) is 0 Å². The van der Waals surface area contributed by atoms with Gasteiger partial charge in [0, 0.05) is 12.1 Å². The fourth-order valence-corrected chi connectivity index (χ4v) is 2.38.